The molecule has 0 bridgehead atoms. The number of nitrogens with one attached hydrogen (secondary N) is 1. The summed E-state index contributed by atoms with van der Waals surface area (Å²) in [6.07, 6.45) is -0.258. The van der Waals surface area contributed by atoms with E-state index < -0.39 is 0 Å². The number of thiophene rings is 1. The van der Waals surface area contributed by atoms with Gasteiger partial charge in [-0.2, -0.15) is 5.10 Å². The third kappa shape index (κ3) is 3.40. The first-order valence-corrected chi connectivity index (χ1v) is 9.20. The van der Waals surface area contributed by atoms with Gasteiger partial charge in [-0.05, 0) is 42.8 Å². The number of hydrogen-bond donors (Lipinski definition) is 1. The topological polar surface area (TPSA) is 58.2 Å². The maximum Gasteiger partial charge on any atom is 0.274 e. The minimum Gasteiger partial charge on any atom is -0.370 e. The number of amides is 1. The molecule has 0 aliphatic carbocycles. The molecule has 3 heterocycles. The Labute approximate surface area is 154 Å². The quantitative estimate of drug-likeness (QED) is 0.762. The van der Waals surface area contributed by atoms with Crippen LogP contribution in [0, 0.1) is 12.7 Å². The van der Waals surface area contributed by atoms with Crippen LogP contribution in [0.25, 0.3) is 10.6 Å². The standard InChI is InChI=1S/C19H18FN3O2S/c1-12-2-7-18(26-12)15-10-16(22-21-15)19(24)23-8-9-25-17(11-23)13-3-5-14(20)6-4-13/h2-7,10,17H,8-9,11H2,1H3,(H,21,22)/t17-/m1/s1. The third-order valence-corrected chi connectivity index (χ3v) is 5.43. The fourth-order valence-corrected chi connectivity index (χ4v) is 3.85. The summed E-state index contributed by atoms with van der Waals surface area (Å²) in [4.78, 5) is 16.8. The van der Waals surface area contributed by atoms with Crippen molar-refractivity contribution in [3.63, 3.8) is 0 Å². The largest absolute Gasteiger partial charge is 0.370 e. The first-order valence-electron chi connectivity index (χ1n) is 8.39. The van der Waals surface area contributed by atoms with Crippen LogP contribution in [0.4, 0.5) is 4.39 Å². The zero-order chi connectivity index (χ0) is 18.1. The molecule has 5 nitrogen and oxygen atoms in total. The Morgan fingerprint density at radius 3 is 2.85 bits per heavy atom. The van der Waals surface area contributed by atoms with Gasteiger partial charge in [-0.3, -0.25) is 9.89 Å². The number of H-pyrrole nitrogens is 1. The van der Waals surface area contributed by atoms with E-state index in [1.165, 1.54) is 17.0 Å². The molecule has 1 fully saturated rings. The summed E-state index contributed by atoms with van der Waals surface area (Å²) in [5, 5.41) is 7.13. The molecule has 0 saturated carbocycles. The van der Waals surface area contributed by atoms with Gasteiger partial charge < -0.3 is 9.64 Å². The molecule has 0 radical (unpaired) electrons. The molecule has 1 saturated heterocycles. The van der Waals surface area contributed by atoms with Crippen LogP contribution in [0.2, 0.25) is 0 Å². The fourth-order valence-electron chi connectivity index (χ4n) is 3.01. The molecule has 1 aromatic carbocycles. The lowest BCUT2D eigenvalue weighted by Gasteiger charge is -2.32. The number of nitrogens with zero attached hydrogens (tertiary/aromatic N) is 2. The van der Waals surface area contributed by atoms with Crippen LogP contribution in [0.1, 0.15) is 27.0 Å². The van der Waals surface area contributed by atoms with Crippen molar-refractivity contribution in [3.8, 4) is 10.6 Å². The predicted octanol–water partition coefficient (Wildman–Crippen LogP) is 3.80. The first kappa shape index (κ1) is 16.9. The van der Waals surface area contributed by atoms with Crippen molar-refractivity contribution in [1.29, 1.82) is 0 Å². The average molecular weight is 371 g/mol. The molecule has 4 rings (SSSR count). The molecule has 1 N–H and O–H groups in total. The van der Waals surface area contributed by atoms with Gasteiger partial charge in [0.05, 0.1) is 23.7 Å². The number of carbonyl (C=O) groups is 1. The molecule has 7 heteroatoms. The van der Waals surface area contributed by atoms with E-state index in [1.807, 2.05) is 19.1 Å². The third-order valence-electron chi connectivity index (χ3n) is 4.40. The minimum absolute atomic E-state index is 0.129. The SMILES string of the molecule is Cc1ccc(-c2cc(C(=O)N3CCO[C@@H](c4ccc(F)cc4)C3)n[nH]2)s1. The Hall–Kier alpha value is -2.51. The normalized spacial score (nSPS) is 17.5. The van der Waals surface area contributed by atoms with Crippen LogP contribution < -0.4 is 0 Å². The van der Waals surface area contributed by atoms with Crippen molar-refractivity contribution in [2.24, 2.45) is 0 Å². The summed E-state index contributed by atoms with van der Waals surface area (Å²) in [6, 6.07) is 12.0. The summed E-state index contributed by atoms with van der Waals surface area (Å²) in [5.41, 5.74) is 2.10. The smallest absolute Gasteiger partial charge is 0.274 e. The molecule has 26 heavy (non-hydrogen) atoms. The van der Waals surface area contributed by atoms with Gasteiger partial charge in [0, 0.05) is 11.4 Å². The lowest BCUT2D eigenvalue weighted by molar-refractivity contribution is -0.0230. The van der Waals surface area contributed by atoms with Gasteiger partial charge in [-0.1, -0.05) is 12.1 Å². The molecule has 0 spiro atoms. The Morgan fingerprint density at radius 2 is 2.12 bits per heavy atom. The van der Waals surface area contributed by atoms with Crippen molar-refractivity contribution in [2.75, 3.05) is 19.7 Å². The van der Waals surface area contributed by atoms with E-state index >= 15 is 0 Å². The average Bonchev–Trinajstić information content (AvgIpc) is 3.31. The maximum atomic E-state index is 13.1. The number of morpholine rings is 1. The predicted molar refractivity (Wildman–Crippen MR) is 97.6 cm³/mol. The van der Waals surface area contributed by atoms with Gasteiger partial charge in [0.2, 0.25) is 0 Å². The highest BCUT2D eigenvalue weighted by Crippen LogP contribution is 2.27. The molecule has 1 aliphatic rings. The number of ether oxygens (including phenoxy) is 1. The number of aromatic amines is 1. The minimum atomic E-state index is -0.287. The number of carbonyl (C=O) groups excluding carboxylic acids is 1. The Kier molecular flexibility index (Phi) is 4.57. The number of halogens is 1. The van der Waals surface area contributed by atoms with Gasteiger partial charge in [-0.25, -0.2) is 4.39 Å². The lowest BCUT2D eigenvalue weighted by Crippen LogP contribution is -2.42. The number of rotatable bonds is 3. The van der Waals surface area contributed by atoms with Gasteiger partial charge in [-0.15, -0.1) is 11.3 Å². The van der Waals surface area contributed by atoms with Gasteiger partial charge in [0.1, 0.15) is 11.9 Å². The second-order valence-electron chi connectivity index (χ2n) is 6.24. The molecule has 134 valence electrons. The Morgan fingerprint density at radius 1 is 1.31 bits per heavy atom. The molecule has 0 unspecified atom stereocenters. The molecule has 3 aromatic rings. The number of aryl methyl sites for hydroxylation is 1. The molecular weight excluding hydrogens is 353 g/mol. The van der Waals surface area contributed by atoms with E-state index in [0.29, 0.717) is 25.4 Å². The van der Waals surface area contributed by atoms with Crippen LogP contribution in [0.3, 0.4) is 0 Å². The van der Waals surface area contributed by atoms with Crippen molar-refractivity contribution >= 4 is 17.2 Å². The van der Waals surface area contributed by atoms with Gasteiger partial charge >= 0.3 is 0 Å². The Balaban J connectivity index is 1.49. The number of benzene rings is 1. The second-order valence-corrected chi connectivity index (χ2v) is 7.53. The Bertz CT molecular complexity index is 919. The van der Waals surface area contributed by atoms with E-state index in [9.17, 15) is 9.18 Å². The highest BCUT2D eigenvalue weighted by molar-refractivity contribution is 7.15. The number of aromatic nitrogens is 2. The molecule has 1 aliphatic heterocycles. The molecule has 1 amide bonds. The van der Waals surface area contributed by atoms with Crippen molar-refractivity contribution in [3.05, 3.63) is 64.4 Å². The zero-order valence-corrected chi connectivity index (χ0v) is 15.1. The zero-order valence-electron chi connectivity index (χ0n) is 14.2. The summed E-state index contributed by atoms with van der Waals surface area (Å²) < 4.78 is 18.9. The van der Waals surface area contributed by atoms with E-state index in [0.717, 1.165) is 16.1 Å². The lowest BCUT2D eigenvalue weighted by atomic mass is 10.1. The summed E-state index contributed by atoms with van der Waals surface area (Å²) >= 11 is 1.65. The van der Waals surface area contributed by atoms with Gasteiger partial charge in [0.25, 0.3) is 5.91 Å². The van der Waals surface area contributed by atoms with E-state index in [4.69, 9.17) is 4.74 Å². The van der Waals surface area contributed by atoms with Crippen molar-refractivity contribution in [1.82, 2.24) is 15.1 Å². The van der Waals surface area contributed by atoms with E-state index in [2.05, 4.69) is 10.2 Å². The highest BCUT2D eigenvalue weighted by atomic mass is 32.1. The van der Waals surface area contributed by atoms with E-state index in [1.54, 1.807) is 34.4 Å². The monoisotopic (exact) mass is 371 g/mol. The second kappa shape index (κ2) is 7.01. The van der Waals surface area contributed by atoms with E-state index in [-0.39, 0.29) is 17.8 Å². The van der Waals surface area contributed by atoms with Crippen LogP contribution in [0.15, 0.2) is 42.5 Å². The summed E-state index contributed by atoms with van der Waals surface area (Å²) in [7, 11) is 0. The first-order chi connectivity index (χ1) is 12.6. The number of hydrogen-bond acceptors (Lipinski definition) is 4. The van der Waals surface area contributed by atoms with Crippen molar-refractivity contribution < 1.29 is 13.9 Å². The van der Waals surface area contributed by atoms with Crippen LogP contribution in [0.5, 0.6) is 0 Å². The summed E-state index contributed by atoms with van der Waals surface area (Å²) in [6.45, 7) is 3.41. The maximum absolute atomic E-state index is 13.1. The van der Waals surface area contributed by atoms with Crippen LogP contribution in [-0.2, 0) is 4.74 Å². The molecular formula is C19H18FN3O2S. The summed E-state index contributed by atoms with van der Waals surface area (Å²) in [5.74, 6) is -0.415. The van der Waals surface area contributed by atoms with Crippen LogP contribution >= 0.6 is 11.3 Å². The molecule has 2 aromatic heterocycles. The van der Waals surface area contributed by atoms with Gasteiger partial charge in [0.15, 0.2) is 5.69 Å². The fraction of sp³-hybridized carbons (Fsp3) is 0.263. The molecule has 1 atom stereocenters. The highest BCUT2D eigenvalue weighted by Gasteiger charge is 2.27. The van der Waals surface area contributed by atoms with Crippen molar-refractivity contribution in [2.45, 2.75) is 13.0 Å². The van der Waals surface area contributed by atoms with Crippen LogP contribution in [-0.4, -0.2) is 40.7 Å².